The Morgan fingerprint density at radius 2 is 1.77 bits per heavy atom. The predicted octanol–water partition coefficient (Wildman–Crippen LogP) is 4.91. The summed E-state index contributed by atoms with van der Waals surface area (Å²) in [7, 11) is 1.70. The number of nitrogens with two attached hydrogens (primary N) is 1. The van der Waals surface area contributed by atoms with Gasteiger partial charge >= 0.3 is 0 Å². The first-order chi connectivity index (χ1) is 21.5. The van der Waals surface area contributed by atoms with Gasteiger partial charge in [0.05, 0.1) is 29.4 Å². The summed E-state index contributed by atoms with van der Waals surface area (Å²) >= 11 is 0. The van der Waals surface area contributed by atoms with Gasteiger partial charge < -0.3 is 25.0 Å². The van der Waals surface area contributed by atoms with Crippen molar-refractivity contribution in [1.82, 2.24) is 14.9 Å². The Hall–Kier alpha value is -4.23. The fourth-order valence-electron chi connectivity index (χ4n) is 7.40. The summed E-state index contributed by atoms with van der Waals surface area (Å²) in [6.45, 7) is 6.85. The van der Waals surface area contributed by atoms with Crippen LogP contribution in [0, 0.1) is 11.3 Å². The minimum Gasteiger partial charge on any atom is -0.456 e. The fraction of sp³-hybridized carbons (Fsp3) is 0.400. The smallest absolute Gasteiger partial charge is 0.145 e. The Bertz CT molecular complexity index is 1660. The molecule has 5 atom stereocenters. The number of nitriles is 1. The zero-order valence-electron chi connectivity index (χ0n) is 25.3. The molecular weight excluding hydrogens is 550 g/mol. The molecule has 0 amide bonds. The molecule has 0 radical (unpaired) electrons. The van der Waals surface area contributed by atoms with Crippen molar-refractivity contribution in [2.45, 2.75) is 49.9 Å². The van der Waals surface area contributed by atoms with Crippen molar-refractivity contribution in [1.29, 1.82) is 5.26 Å². The molecule has 3 fully saturated rings. The number of aromatic nitrogens is 2. The molecule has 0 aliphatic carbocycles. The van der Waals surface area contributed by atoms with E-state index in [9.17, 15) is 5.26 Å². The van der Waals surface area contributed by atoms with Gasteiger partial charge in [0.2, 0.25) is 0 Å². The third kappa shape index (κ3) is 5.45. The van der Waals surface area contributed by atoms with Gasteiger partial charge in [-0.2, -0.15) is 5.26 Å². The van der Waals surface area contributed by atoms with E-state index in [1.807, 2.05) is 24.3 Å². The zero-order chi connectivity index (χ0) is 30.2. The normalized spacial score (nSPS) is 25.5. The first kappa shape index (κ1) is 28.5. The summed E-state index contributed by atoms with van der Waals surface area (Å²) in [6.07, 6.45) is 5.84. The van der Waals surface area contributed by atoms with Crippen molar-refractivity contribution in [3.8, 4) is 17.6 Å². The number of ether oxygens (including phenoxy) is 2. The minimum absolute atomic E-state index is 0.00984. The molecule has 226 valence electrons. The van der Waals surface area contributed by atoms with Gasteiger partial charge in [-0.1, -0.05) is 12.1 Å². The number of fused-ring (bicyclic) bond motifs is 2. The van der Waals surface area contributed by atoms with Gasteiger partial charge in [-0.15, -0.1) is 0 Å². The highest BCUT2D eigenvalue weighted by atomic mass is 16.5. The van der Waals surface area contributed by atoms with E-state index in [-0.39, 0.29) is 12.1 Å². The molecule has 9 heteroatoms. The number of nitrogens with zero attached hydrogens (tertiary/aromatic N) is 6. The fourth-order valence-corrected chi connectivity index (χ4v) is 7.40. The van der Waals surface area contributed by atoms with Crippen LogP contribution in [-0.2, 0) is 4.74 Å². The van der Waals surface area contributed by atoms with Crippen molar-refractivity contribution < 1.29 is 9.47 Å². The Morgan fingerprint density at radius 3 is 2.52 bits per heavy atom. The maximum absolute atomic E-state index is 9.60. The number of anilines is 2. The highest BCUT2D eigenvalue weighted by Gasteiger charge is 2.38. The van der Waals surface area contributed by atoms with Gasteiger partial charge in [0.25, 0.3) is 0 Å². The number of pyridine rings is 2. The molecule has 2 aromatic carbocycles. The van der Waals surface area contributed by atoms with Crippen LogP contribution >= 0.6 is 0 Å². The van der Waals surface area contributed by atoms with E-state index in [0.717, 1.165) is 68.0 Å². The number of hydrogen-bond donors (Lipinski definition) is 1. The summed E-state index contributed by atoms with van der Waals surface area (Å²) in [6, 6.07) is 23.8. The van der Waals surface area contributed by atoms with Gasteiger partial charge in [-0.05, 0) is 86.3 Å². The molecule has 9 nitrogen and oxygen atoms in total. The number of methoxy groups -OCH3 is 1. The number of piperazine rings is 1. The van der Waals surface area contributed by atoms with Crippen molar-refractivity contribution in [2.75, 3.05) is 49.6 Å². The molecule has 3 aliphatic rings. The summed E-state index contributed by atoms with van der Waals surface area (Å²) in [5.41, 5.74) is 10.1. The van der Waals surface area contributed by atoms with E-state index in [1.54, 1.807) is 19.5 Å². The quantitative estimate of drug-likeness (QED) is 0.336. The Balaban J connectivity index is 1.01. The summed E-state index contributed by atoms with van der Waals surface area (Å²) in [5, 5.41) is 10.7. The molecule has 3 aliphatic heterocycles. The standard InChI is InChI=1S/C35H39N7O2/c1-23-19-40(32-11-7-26(17-36)35-30(32)4-3-14-38-35)20-27-16-25(13-15-42(23)27)24-5-8-28(9-6-24)44-29-10-12-34(39-18-29)41-21-31(37)33(22-41)43-2/h3-12,14,18,23,25,27,31,33H,13,15-16,19-22,37H2,1-2H3/t23-,25+,27+,31-,33+/m1/s1. The van der Waals surface area contributed by atoms with E-state index in [2.05, 4.69) is 74.1 Å². The van der Waals surface area contributed by atoms with Gasteiger partial charge in [0.15, 0.2) is 0 Å². The molecule has 7 rings (SSSR count). The highest BCUT2D eigenvalue weighted by Crippen LogP contribution is 2.38. The third-order valence-corrected chi connectivity index (χ3v) is 9.69. The van der Waals surface area contributed by atoms with Crippen LogP contribution in [0.25, 0.3) is 10.9 Å². The molecule has 2 N–H and O–H groups in total. The van der Waals surface area contributed by atoms with Gasteiger partial charge in [-0.3, -0.25) is 9.88 Å². The second-order valence-corrected chi connectivity index (χ2v) is 12.4. The molecule has 0 unspecified atom stereocenters. The zero-order valence-corrected chi connectivity index (χ0v) is 25.3. The van der Waals surface area contributed by atoms with E-state index >= 15 is 0 Å². The van der Waals surface area contributed by atoms with E-state index in [4.69, 9.17) is 15.2 Å². The molecule has 0 saturated carbocycles. The first-order valence-electron chi connectivity index (χ1n) is 15.6. The van der Waals surface area contributed by atoms with Crippen LogP contribution in [0.15, 0.2) is 73.1 Å². The summed E-state index contributed by atoms with van der Waals surface area (Å²) in [4.78, 5) is 16.5. The van der Waals surface area contributed by atoms with Crippen LogP contribution in [0.1, 0.15) is 36.8 Å². The van der Waals surface area contributed by atoms with Crippen molar-refractivity contribution in [2.24, 2.45) is 5.73 Å². The third-order valence-electron chi connectivity index (χ3n) is 9.69. The van der Waals surface area contributed by atoms with Crippen LogP contribution in [0.3, 0.4) is 0 Å². The number of piperidine rings is 1. The van der Waals surface area contributed by atoms with Crippen LogP contribution in [-0.4, -0.2) is 78.9 Å². The van der Waals surface area contributed by atoms with E-state index < -0.39 is 0 Å². The SMILES string of the molecule is CO[C@H]1CN(c2ccc(Oc3ccc([C@H]4CCN5[C@@H](C4)CN(c4ccc(C#N)c6ncccc46)C[C@H]5C)cc3)cn2)C[C@H]1N. The molecule has 3 saturated heterocycles. The highest BCUT2D eigenvalue weighted by molar-refractivity contribution is 5.95. The van der Waals surface area contributed by atoms with Crippen molar-refractivity contribution >= 4 is 22.4 Å². The monoisotopic (exact) mass is 589 g/mol. The molecule has 44 heavy (non-hydrogen) atoms. The van der Waals surface area contributed by atoms with Crippen LogP contribution in [0.5, 0.6) is 11.5 Å². The van der Waals surface area contributed by atoms with Gasteiger partial charge in [-0.25, -0.2) is 4.98 Å². The minimum atomic E-state index is -0.00984. The lowest BCUT2D eigenvalue weighted by molar-refractivity contribution is 0.0766. The number of rotatable bonds is 6. The maximum Gasteiger partial charge on any atom is 0.145 e. The maximum atomic E-state index is 9.60. The van der Waals surface area contributed by atoms with Crippen LogP contribution in [0.2, 0.25) is 0 Å². The summed E-state index contributed by atoms with van der Waals surface area (Å²) < 4.78 is 11.6. The Morgan fingerprint density at radius 1 is 0.932 bits per heavy atom. The lowest BCUT2D eigenvalue weighted by Crippen LogP contribution is -2.60. The molecule has 4 aromatic rings. The Kier molecular flexibility index (Phi) is 7.81. The molecule has 2 aromatic heterocycles. The largest absolute Gasteiger partial charge is 0.456 e. The van der Waals surface area contributed by atoms with Crippen LogP contribution < -0.4 is 20.3 Å². The molecule has 0 spiro atoms. The lowest BCUT2D eigenvalue weighted by Gasteiger charge is -2.50. The summed E-state index contributed by atoms with van der Waals surface area (Å²) in [5.74, 6) is 2.90. The topological polar surface area (TPSA) is 104 Å². The van der Waals surface area contributed by atoms with E-state index in [0.29, 0.717) is 29.3 Å². The van der Waals surface area contributed by atoms with Gasteiger partial charge in [0.1, 0.15) is 23.4 Å². The second-order valence-electron chi connectivity index (χ2n) is 12.4. The van der Waals surface area contributed by atoms with Crippen molar-refractivity contribution in [3.05, 3.63) is 84.2 Å². The first-order valence-corrected chi connectivity index (χ1v) is 15.6. The average Bonchev–Trinajstić information content (AvgIpc) is 3.45. The number of benzene rings is 2. The van der Waals surface area contributed by atoms with Gasteiger partial charge in [0, 0.05) is 62.6 Å². The lowest BCUT2D eigenvalue weighted by atomic mass is 9.83. The Labute approximate surface area is 258 Å². The molecule has 0 bridgehead atoms. The number of hydrogen-bond acceptors (Lipinski definition) is 9. The molecule has 5 heterocycles. The van der Waals surface area contributed by atoms with Crippen molar-refractivity contribution in [3.63, 3.8) is 0 Å². The predicted molar refractivity (Wildman–Crippen MR) is 172 cm³/mol. The second kappa shape index (κ2) is 12.0. The van der Waals surface area contributed by atoms with Crippen LogP contribution in [0.4, 0.5) is 11.5 Å². The average molecular weight is 590 g/mol. The molecular formula is C35H39N7O2. The van der Waals surface area contributed by atoms with E-state index in [1.165, 1.54) is 11.3 Å².